The number of unbranched alkanes of at least 4 members (excludes halogenated alkanes) is 5. The van der Waals surface area contributed by atoms with Crippen LogP contribution in [0.2, 0.25) is 0 Å². The van der Waals surface area contributed by atoms with Crippen LogP contribution in [0.4, 0.5) is 0 Å². The molecular weight excluding hydrogens is 420 g/mol. The second kappa shape index (κ2) is 13.5. The fourth-order valence-corrected chi connectivity index (χ4v) is 5.80. The van der Waals surface area contributed by atoms with Gasteiger partial charge in [0.05, 0.1) is 0 Å². The maximum absolute atomic E-state index is 3.39. The highest BCUT2D eigenvalue weighted by Gasteiger charge is 2.21. The lowest BCUT2D eigenvalue weighted by molar-refractivity contribution is 0.302. The van der Waals surface area contributed by atoms with Gasteiger partial charge in [-0.3, -0.25) is 0 Å². The van der Waals surface area contributed by atoms with Crippen molar-refractivity contribution >= 4 is 10.8 Å². The Hall–Kier alpha value is -2.52. The molecule has 0 N–H and O–H groups in total. The van der Waals surface area contributed by atoms with Crippen LogP contribution in [0.1, 0.15) is 119 Å². The Morgan fingerprint density at radius 3 is 2.06 bits per heavy atom. The molecule has 1 saturated carbocycles. The van der Waals surface area contributed by atoms with Gasteiger partial charge in [-0.25, -0.2) is 0 Å². The van der Waals surface area contributed by atoms with Crippen LogP contribution in [-0.4, -0.2) is 0 Å². The van der Waals surface area contributed by atoms with E-state index in [4.69, 9.17) is 0 Å². The molecule has 0 saturated heterocycles. The SMILES string of the molecule is CCCCCCCCC1CCC(c2ccc(C#Cc3ccc4cc(CCC)ccc4c3)cc2)CC1. The van der Waals surface area contributed by atoms with Gasteiger partial charge >= 0.3 is 0 Å². The topological polar surface area (TPSA) is 0 Å². The summed E-state index contributed by atoms with van der Waals surface area (Å²) in [7, 11) is 0. The molecule has 35 heavy (non-hydrogen) atoms. The zero-order valence-electron chi connectivity index (χ0n) is 22.1. The van der Waals surface area contributed by atoms with E-state index in [1.165, 1.54) is 98.9 Å². The average Bonchev–Trinajstić information content (AvgIpc) is 2.90. The van der Waals surface area contributed by atoms with Crippen molar-refractivity contribution in [2.45, 2.75) is 103 Å². The van der Waals surface area contributed by atoms with Crippen LogP contribution in [0.25, 0.3) is 10.8 Å². The van der Waals surface area contributed by atoms with Crippen molar-refractivity contribution in [3.63, 3.8) is 0 Å². The third-order valence-corrected chi connectivity index (χ3v) is 7.99. The molecule has 0 amide bonds. The summed E-state index contributed by atoms with van der Waals surface area (Å²) in [6.45, 7) is 4.53. The summed E-state index contributed by atoms with van der Waals surface area (Å²) in [6, 6.07) is 22.5. The lowest BCUT2D eigenvalue weighted by Gasteiger charge is -2.29. The summed E-state index contributed by atoms with van der Waals surface area (Å²) in [5, 5.41) is 2.59. The van der Waals surface area contributed by atoms with Gasteiger partial charge in [0.15, 0.2) is 0 Å². The van der Waals surface area contributed by atoms with E-state index in [1.54, 1.807) is 0 Å². The monoisotopic (exact) mass is 464 g/mol. The van der Waals surface area contributed by atoms with E-state index in [1.807, 2.05) is 0 Å². The van der Waals surface area contributed by atoms with Gasteiger partial charge in [-0.2, -0.15) is 0 Å². The molecule has 0 unspecified atom stereocenters. The fraction of sp³-hybridized carbons (Fsp3) is 0.486. The van der Waals surface area contributed by atoms with Gasteiger partial charge in [0.25, 0.3) is 0 Å². The van der Waals surface area contributed by atoms with Crippen molar-refractivity contribution in [1.29, 1.82) is 0 Å². The quantitative estimate of drug-likeness (QED) is 0.207. The van der Waals surface area contributed by atoms with Crippen molar-refractivity contribution in [1.82, 2.24) is 0 Å². The van der Waals surface area contributed by atoms with Crippen molar-refractivity contribution in [2.24, 2.45) is 5.92 Å². The van der Waals surface area contributed by atoms with Gasteiger partial charge in [-0.1, -0.05) is 113 Å². The summed E-state index contributed by atoms with van der Waals surface area (Å²) in [4.78, 5) is 0. The van der Waals surface area contributed by atoms with Gasteiger partial charge in [-0.15, -0.1) is 0 Å². The molecule has 0 bridgehead atoms. The largest absolute Gasteiger partial charge is 0.0654 e. The number of aryl methyl sites for hydroxylation is 1. The molecule has 0 nitrogen and oxygen atoms in total. The molecule has 0 spiro atoms. The zero-order chi connectivity index (χ0) is 24.3. The van der Waals surface area contributed by atoms with Gasteiger partial charge in [0.2, 0.25) is 0 Å². The van der Waals surface area contributed by atoms with E-state index < -0.39 is 0 Å². The number of fused-ring (bicyclic) bond motifs is 1. The lowest BCUT2D eigenvalue weighted by atomic mass is 9.77. The second-order valence-corrected chi connectivity index (χ2v) is 10.8. The molecule has 1 aliphatic rings. The molecule has 4 rings (SSSR count). The zero-order valence-corrected chi connectivity index (χ0v) is 22.1. The van der Waals surface area contributed by atoms with Gasteiger partial charge in [0.1, 0.15) is 0 Å². The Labute approximate surface area is 214 Å². The fourth-order valence-electron chi connectivity index (χ4n) is 5.80. The van der Waals surface area contributed by atoms with Crippen LogP contribution in [0, 0.1) is 17.8 Å². The molecule has 0 atom stereocenters. The first-order valence-corrected chi connectivity index (χ1v) is 14.4. The highest BCUT2D eigenvalue weighted by molar-refractivity contribution is 5.84. The van der Waals surface area contributed by atoms with Crippen LogP contribution in [0.5, 0.6) is 0 Å². The minimum atomic E-state index is 0.746. The standard InChI is InChI=1S/C35H44/c1-3-5-6-7-8-9-11-28-14-20-32(21-15-28)33-22-16-29(17-23-33)12-13-31-19-25-34-26-30(10-4-2)18-24-35(34)27-31/h16-19,22-28,32H,3-11,14-15,20-21H2,1-2H3. The molecule has 0 heterocycles. The summed E-state index contributed by atoms with van der Waals surface area (Å²) in [5.74, 6) is 8.49. The molecule has 0 aliphatic heterocycles. The minimum absolute atomic E-state index is 0.746. The van der Waals surface area contributed by atoms with E-state index in [0.717, 1.165) is 29.4 Å². The second-order valence-electron chi connectivity index (χ2n) is 10.8. The van der Waals surface area contributed by atoms with E-state index in [9.17, 15) is 0 Å². The molecule has 0 heteroatoms. The Balaban J connectivity index is 1.27. The normalized spacial score (nSPS) is 17.8. The number of rotatable bonds is 10. The average molecular weight is 465 g/mol. The van der Waals surface area contributed by atoms with E-state index >= 15 is 0 Å². The molecule has 1 fully saturated rings. The molecule has 0 aromatic heterocycles. The smallest absolute Gasteiger partial charge is 0.0255 e. The van der Waals surface area contributed by atoms with Crippen LogP contribution in [-0.2, 0) is 6.42 Å². The van der Waals surface area contributed by atoms with Crippen molar-refractivity contribution in [3.05, 3.63) is 82.9 Å². The minimum Gasteiger partial charge on any atom is -0.0654 e. The van der Waals surface area contributed by atoms with Crippen LogP contribution < -0.4 is 0 Å². The Kier molecular flexibility index (Phi) is 9.89. The van der Waals surface area contributed by atoms with E-state index in [-0.39, 0.29) is 0 Å². The van der Waals surface area contributed by atoms with Crippen molar-refractivity contribution in [2.75, 3.05) is 0 Å². The third kappa shape index (κ3) is 7.73. The summed E-state index contributed by atoms with van der Waals surface area (Å²) < 4.78 is 0. The summed E-state index contributed by atoms with van der Waals surface area (Å²) in [6.07, 6.45) is 17.9. The first-order valence-electron chi connectivity index (χ1n) is 14.4. The number of hydrogen-bond acceptors (Lipinski definition) is 0. The predicted molar refractivity (Wildman–Crippen MR) is 153 cm³/mol. The van der Waals surface area contributed by atoms with Gasteiger partial charge < -0.3 is 0 Å². The van der Waals surface area contributed by atoms with Gasteiger partial charge in [0, 0.05) is 11.1 Å². The lowest BCUT2D eigenvalue weighted by Crippen LogP contribution is -2.13. The molecule has 0 radical (unpaired) electrons. The molecule has 1 aliphatic carbocycles. The third-order valence-electron chi connectivity index (χ3n) is 7.99. The van der Waals surface area contributed by atoms with Crippen LogP contribution >= 0.6 is 0 Å². The molecule has 184 valence electrons. The summed E-state index contributed by atoms with van der Waals surface area (Å²) >= 11 is 0. The molecular formula is C35H44. The predicted octanol–water partition coefficient (Wildman–Crippen LogP) is 10.2. The highest BCUT2D eigenvalue weighted by atomic mass is 14.3. The Morgan fingerprint density at radius 1 is 0.629 bits per heavy atom. The maximum Gasteiger partial charge on any atom is 0.0255 e. The Bertz CT molecular complexity index is 1100. The molecule has 3 aromatic rings. The van der Waals surface area contributed by atoms with Crippen LogP contribution in [0.3, 0.4) is 0 Å². The van der Waals surface area contributed by atoms with E-state index in [0.29, 0.717) is 0 Å². The van der Waals surface area contributed by atoms with Crippen molar-refractivity contribution < 1.29 is 0 Å². The first-order chi connectivity index (χ1) is 17.2. The maximum atomic E-state index is 3.39. The van der Waals surface area contributed by atoms with Gasteiger partial charge in [-0.05, 0) is 90.1 Å². The van der Waals surface area contributed by atoms with E-state index in [2.05, 4.69) is 86.4 Å². The number of benzene rings is 3. The highest BCUT2D eigenvalue weighted by Crippen LogP contribution is 2.37. The molecule has 3 aromatic carbocycles. The van der Waals surface area contributed by atoms with Crippen molar-refractivity contribution in [3.8, 4) is 11.8 Å². The summed E-state index contributed by atoms with van der Waals surface area (Å²) in [5.41, 5.74) is 5.14. The Morgan fingerprint density at radius 2 is 1.29 bits per heavy atom. The first kappa shape index (κ1) is 25.6. The van der Waals surface area contributed by atoms with Crippen LogP contribution in [0.15, 0.2) is 60.7 Å². The number of hydrogen-bond donors (Lipinski definition) is 0.